The minimum atomic E-state index is -0.442. The number of rotatable bonds is 3. The number of fused-ring (bicyclic) bond motifs is 1. The lowest BCUT2D eigenvalue weighted by Crippen LogP contribution is -2.15. The van der Waals surface area contributed by atoms with Gasteiger partial charge in [0.2, 0.25) is 6.79 Å². The van der Waals surface area contributed by atoms with Crippen LogP contribution >= 0.6 is 0 Å². The molecule has 1 heterocycles. The second kappa shape index (κ2) is 4.66. The maximum atomic E-state index is 11.0. The summed E-state index contributed by atoms with van der Waals surface area (Å²) in [6.07, 6.45) is 1.70. The molecule has 0 radical (unpaired) electrons. The summed E-state index contributed by atoms with van der Waals surface area (Å²) in [4.78, 5) is 10.6. The minimum Gasteiger partial charge on any atom is -0.454 e. The highest BCUT2D eigenvalue weighted by atomic mass is 16.7. The van der Waals surface area contributed by atoms with Gasteiger partial charge in [-0.1, -0.05) is 5.57 Å². The van der Waals surface area contributed by atoms with E-state index in [4.69, 9.17) is 15.2 Å². The predicted molar refractivity (Wildman–Crippen MR) is 66.5 cm³/mol. The Hall–Kier alpha value is -2.08. The molecule has 18 heavy (non-hydrogen) atoms. The van der Waals surface area contributed by atoms with Crippen molar-refractivity contribution in [1.82, 2.24) is 0 Å². The Kier molecular flexibility index (Phi) is 3.20. The summed E-state index contributed by atoms with van der Waals surface area (Å²) in [7, 11) is 0. The van der Waals surface area contributed by atoms with E-state index in [2.05, 4.69) is 0 Å². The molecule has 0 saturated heterocycles. The lowest BCUT2D eigenvalue weighted by Gasteiger charge is -2.06. The van der Waals surface area contributed by atoms with Crippen molar-refractivity contribution in [3.63, 3.8) is 0 Å². The van der Waals surface area contributed by atoms with E-state index in [1.165, 1.54) is 6.07 Å². The Balaban J connectivity index is 2.51. The van der Waals surface area contributed by atoms with Gasteiger partial charge in [0.15, 0.2) is 11.5 Å². The molecular weight excluding hydrogens is 236 g/mol. The fourth-order valence-electron chi connectivity index (χ4n) is 1.60. The average Bonchev–Trinajstić information content (AvgIpc) is 2.74. The van der Waals surface area contributed by atoms with Crippen LogP contribution in [0.4, 0.5) is 5.69 Å². The van der Waals surface area contributed by atoms with E-state index < -0.39 is 4.92 Å². The van der Waals surface area contributed by atoms with Crippen LogP contribution in [0.15, 0.2) is 17.7 Å². The summed E-state index contributed by atoms with van der Waals surface area (Å²) >= 11 is 0. The zero-order chi connectivity index (χ0) is 13.3. The normalized spacial score (nSPS) is 15.6. The summed E-state index contributed by atoms with van der Waals surface area (Å²) in [5, 5.41) is 11.0. The average molecular weight is 250 g/mol. The van der Waals surface area contributed by atoms with Gasteiger partial charge in [0.1, 0.15) is 0 Å². The molecule has 0 aliphatic carbocycles. The highest BCUT2D eigenvalue weighted by Crippen LogP contribution is 2.38. The molecule has 2 N–H and O–H groups in total. The van der Waals surface area contributed by atoms with E-state index in [-0.39, 0.29) is 18.5 Å². The Bertz CT molecular complexity index is 523. The summed E-state index contributed by atoms with van der Waals surface area (Å²) in [6, 6.07) is 2.82. The second-order valence-corrected chi connectivity index (χ2v) is 4.20. The molecule has 0 aromatic heterocycles. The molecule has 2 rings (SSSR count). The molecule has 96 valence electrons. The van der Waals surface area contributed by atoms with Gasteiger partial charge in [-0.25, -0.2) is 0 Å². The first-order chi connectivity index (χ1) is 8.49. The van der Waals surface area contributed by atoms with E-state index in [1.807, 2.05) is 13.8 Å². The lowest BCUT2D eigenvalue weighted by atomic mass is 10.1. The van der Waals surface area contributed by atoms with Gasteiger partial charge in [-0.2, -0.15) is 0 Å². The number of benzene rings is 1. The zero-order valence-corrected chi connectivity index (χ0v) is 10.2. The van der Waals surface area contributed by atoms with Crippen molar-refractivity contribution in [2.45, 2.75) is 19.9 Å². The standard InChI is InChI=1S/C12H14N2O4/c1-7(8(2)13)3-9-4-11-12(18-6-17-11)5-10(9)14(15)16/h3-5,8H,6,13H2,1-2H3/b7-3+. The van der Waals surface area contributed by atoms with Gasteiger partial charge in [0.05, 0.1) is 16.6 Å². The molecule has 1 aliphatic rings. The summed E-state index contributed by atoms with van der Waals surface area (Å²) in [5.41, 5.74) is 7.04. The SMILES string of the molecule is C/C(=C\c1cc2c(cc1[N+](=O)[O-])OCO2)C(C)N. The molecule has 0 amide bonds. The fourth-order valence-corrected chi connectivity index (χ4v) is 1.60. The molecule has 1 aromatic carbocycles. The smallest absolute Gasteiger partial charge is 0.280 e. The molecule has 0 fully saturated rings. The van der Waals surface area contributed by atoms with Crippen LogP contribution in [0.3, 0.4) is 0 Å². The monoisotopic (exact) mass is 250 g/mol. The fraction of sp³-hybridized carbons (Fsp3) is 0.333. The van der Waals surface area contributed by atoms with Gasteiger partial charge in [0.25, 0.3) is 5.69 Å². The summed E-state index contributed by atoms with van der Waals surface area (Å²) in [5.74, 6) is 0.918. The van der Waals surface area contributed by atoms with Crippen molar-refractivity contribution in [2.75, 3.05) is 6.79 Å². The van der Waals surface area contributed by atoms with Crippen LogP contribution in [-0.2, 0) is 0 Å². The van der Waals surface area contributed by atoms with Crippen LogP contribution in [0.1, 0.15) is 19.4 Å². The molecule has 6 heteroatoms. The molecule has 0 spiro atoms. The molecular formula is C12H14N2O4. The highest BCUT2D eigenvalue weighted by Gasteiger charge is 2.22. The van der Waals surface area contributed by atoms with Gasteiger partial charge in [-0.3, -0.25) is 10.1 Å². The van der Waals surface area contributed by atoms with Crippen molar-refractivity contribution in [3.8, 4) is 11.5 Å². The molecule has 1 aliphatic heterocycles. The van der Waals surface area contributed by atoms with Crippen LogP contribution < -0.4 is 15.2 Å². The lowest BCUT2D eigenvalue weighted by molar-refractivity contribution is -0.385. The zero-order valence-electron chi connectivity index (χ0n) is 10.2. The van der Waals surface area contributed by atoms with Crippen molar-refractivity contribution in [1.29, 1.82) is 0 Å². The minimum absolute atomic E-state index is 0.0146. The van der Waals surface area contributed by atoms with E-state index in [0.29, 0.717) is 17.1 Å². The van der Waals surface area contributed by atoms with Crippen LogP contribution in [-0.4, -0.2) is 17.8 Å². The summed E-state index contributed by atoms with van der Waals surface area (Å²) < 4.78 is 10.3. The number of nitrogens with zero attached hydrogens (tertiary/aromatic N) is 1. The maximum Gasteiger partial charge on any atom is 0.280 e. The first kappa shape index (κ1) is 12.4. The maximum absolute atomic E-state index is 11.0. The second-order valence-electron chi connectivity index (χ2n) is 4.20. The van der Waals surface area contributed by atoms with E-state index >= 15 is 0 Å². The molecule has 1 atom stereocenters. The number of nitro groups is 1. The summed E-state index contributed by atoms with van der Waals surface area (Å²) in [6.45, 7) is 3.75. The molecule has 6 nitrogen and oxygen atoms in total. The van der Waals surface area contributed by atoms with Gasteiger partial charge in [-0.15, -0.1) is 0 Å². The quantitative estimate of drug-likeness (QED) is 0.655. The van der Waals surface area contributed by atoms with Crippen molar-refractivity contribution in [3.05, 3.63) is 33.4 Å². The van der Waals surface area contributed by atoms with Crippen LogP contribution in [0.25, 0.3) is 6.08 Å². The predicted octanol–water partition coefficient (Wildman–Crippen LogP) is 2.07. The Morgan fingerprint density at radius 3 is 2.67 bits per heavy atom. The molecule has 1 unspecified atom stereocenters. The van der Waals surface area contributed by atoms with E-state index in [0.717, 1.165) is 5.57 Å². The number of nitrogens with two attached hydrogens (primary N) is 1. The first-order valence-electron chi connectivity index (χ1n) is 5.51. The topological polar surface area (TPSA) is 87.6 Å². The number of hydrogen-bond donors (Lipinski definition) is 1. The van der Waals surface area contributed by atoms with Gasteiger partial charge in [-0.05, 0) is 26.0 Å². The third kappa shape index (κ3) is 2.28. The Morgan fingerprint density at radius 1 is 1.50 bits per heavy atom. The van der Waals surface area contributed by atoms with Gasteiger partial charge in [0, 0.05) is 6.04 Å². The van der Waals surface area contributed by atoms with Gasteiger partial charge >= 0.3 is 0 Å². The molecule has 0 saturated carbocycles. The number of hydrogen-bond acceptors (Lipinski definition) is 5. The van der Waals surface area contributed by atoms with Crippen LogP contribution in [0, 0.1) is 10.1 Å². The largest absolute Gasteiger partial charge is 0.454 e. The molecule has 0 bridgehead atoms. The number of nitro benzene ring substituents is 1. The number of ether oxygens (including phenoxy) is 2. The van der Waals surface area contributed by atoms with Crippen molar-refractivity contribution < 1.29 is 14.4 Å². The van der Waals surface area contributed by atoms with Gasteiger partial charge < -0.3 is 15.2 Å². The van der Waals surface area contributed by atoms with E-state index in [9.17, 15) is 10.1 Å². The van der Waals surface area contributed by atoms with Crippen molar-refractivity contribution in [2.24, 2.45) is 5.73 Å². The highest BCUT2D eigenvalue weighted by molar-refractivity contribution is 5.68. The molecule has 1 aromatic rings. The third-order valence-corrected chi connectivity index (χ3v) is 2.82. The van der Waals surface area contributed by atoms with Crippen LogP contribution in [0.5, 0.6) is 11.5 Å². The third-order valence-electron chi connectivity index (χ3n) is 2.82. The Morgan fingerprint density at radius 2 is 2.11 bits per heavy atom. The van der Waals surface area contributed by atoms with E-state index in [1.54, 1.807) is 12.1 Å². The van der Waals surface area contributed by atoms with Crippen LogP contribution in [0.2, 0.25) is 0 Å². The Labute approximate surface area is 104 Å². The first-order valence-corrected chi connectivity index (χ1v) is 5.51. The van der Waals surface area contributed by atoms with Crippen molar-refractivity contribution >= 4 is 11.8 Å².